The third-order valence-electron chi connectivity index (χ3n) is 2.13. The lowest BCUT2D eigenvalue weighted by atomic mass is 10.2. The van der Waals surface area contributed by atoms with E-state index in [-0.39, 0.29) is 5.78 Å². The highest BCUT2D eigenvalue weighted by Crippen LogP contribution is 2.10. The third kappa shape index (κ3) is 1.22. The van der Waals surface area contributed by atoms with E-state index in [1.165, 1.54) is 0 Å². The van der Waals surface area contributed by atoms with Gasteiger partial charge in [-0.1, -0.05) is 0 Å². The third-order valence-corrected chi connectivity index (χ3v) is 2.13. The monoisotopic (exact) mass is 174 g/mol. The first-order valence-corrected chi connectivity index (χ1v) is 4.13. The lowest BCUT2D eigenvalue weighted by Gasteiger charge is -1.97. The minimum Gasteiger partial charge on any atom is -0.305 e. The SMILES string of the molecule is CC(=O)c1ccc2c(C)ncn2c1. The van der Waals surface area contributed by atoms with Crippen LogP contribution in [0.5, 0.6) is 0 Å². The van der Waals surface area contributed by atoms with Crippen molar-refractivity contribution in [3.05, 3.63) is 35.9 Å². The Kier molecular flexibility index (Phi) is 1.65. The first kappa shape index (κ1) is 7.98. The van der Waals surface area contributed by atoms with Crippen molar-refractivity contribution >= 4 is 11.3 Å². The molecule has 3 heteroatoms. The molecule has 0 atom stereocenters. The maximum Gasteiger partial charge on any atom is 0.161 e. The number of fused-ring (bicyclic) bond motifs is 1. The van der Waals surface area contributed by atoms with Crippen molar-refractivity contribution < 1.29 is 4.79 Å². The number of aromatic nitrogens is 2. The normalized spacial score (nSPS) is 10.6. The number of carbonyl (C=O) groups excluding carboxylic acids is 1. The van der Waals surface area contributed by atoms with Gasteiger partial charge in [0.15, 0.2) is 5.78 Å². The first-order chi connectivity index (χ1) is 6.18. The van der Waals surface area contributed by atoms with Crippen molar-refractivity contribution in [1.82, 2.24) is 9.38 Å². The van der Waals surface area contributed by atoms with Crippen LogP contribution in [0.2, 0.25) is 0 Å². The molecule has 3 nitrogen and oxygen atoms in total. The van der Waals surface area contributed by atoms with Gasteiger partial charge in [-0.05, 0) is 26.0 Å². The summed E-state index contributed by atoms with van der Waals surface area (Å²) in [5.74, 6) is 0.0771. The number of pyridine rings is 1. The molecule has 0 saturated carbocycles. The largest absolute Gasteiger partial charge is 0.305 e. The minimum atomic E-state index is 0.0771. The van der Waals surface area contributed by atoms with E-state index >= 15 is 0 Å². The van der Waals surface area contributed by atoms with Crippen LogP contribution in [0, 0.1) is 6.92 Å². The minimum absolute atomic E-state index is 0.0771. The molecule has 0 N–H and O–H groups in total. The second kappa shape index (κ2) is 2.69. The van der Waals surface area contributed by atoms with E-state index < -0.39 is 0 Å². The Hall–Kier alpha value is -1.64. The van der Waals surface area contributed by atoms with Crippen LogP contribution in [0.15, 0.2) is 24.7 Å². The van der Waals surface area contributed by atoms with E-state index in [1.54, 1.807) is 19.4 Å². The molecular formula is C10H10N2O. The molecule has 66 valence electrons. The number of nitrogens with zero attached hydrogens (tertiary/aromatic N) is 2. The average Bonchev–Trinajstić information content (AvgIpc) is 2.47. The van der Waals surface area contributed by atoms with Crippen LogP contribution in [0.3, 0.4) is 0 Å². The summed E-state index contributed by atoms with van der Waals surface area (Å²) in [7, 11) is 0. The van der Waals surface area contributed by atoms with Crippen molar-refractivity contribution in [2.75, 3.05) is 0 Å². The number of aryl methyl sites for hydroxylation is 1. The molecule has 0 saturated heterocycles. The molecule has 0 bridgehead atoms. The molecule has 2 rings (SSSR count). The maximum absolute atomic E-state index is 11.1. The number of carbonyl (C=O) groups is 1. The highest BCUT2D eigenvalue weighted by Gasteiger charge is 2.02. The number of hydrogen-bond donors (Lipinski definition) is 0. The predicted molar refractivity (Wildman–Crippen MR) is 49.9 cm³/mol. The summed E-state index contributed by atoms with van der Waals surface area (Å²) in [5, 5.41) is 0. The Balaban J connectivity index is 2.70. The van der Waals surface area contributed by atoms with Crippen molar-refractivity contribution in [3.63, 3.8) is 0 Å². The molecule has 0 unspecified atom stereocenters. The molecule has 0 spiro atoms. The summed E-state index contributed by atoms with van der Waals surface area (Å²) < 4.78 is 1.87. The van der Waals surface area contributed by atoms with Crippen LogP contribution in [0.25, 0.3) is 5.52 Å². The van der Waals surface area contributed by atoms with Gasteiger partial charge in [0.25, 0.3) is 0 Å². The van der Waals surface area contributed by atoms with Crippen LogP contribution in [-0.2, 0) is 0 Å². The molecule has 0 amide bonds. The number of Topliss-reactive ketones (excluding diaryl/α,β-unsaturated/α-hetero) is 1. The van der Waals surface area contributed by atoms with Crippen molar-refractivity contribution in [3.8, 4) is 0 Å². The molecule has 0 aromatic carbocycles. The summed E-state index contributed by atoms with van der Waals surface area (Å²) in [6.45, 7) is 3.51. The zero-order valence-corrected chi connectivity index (χ0v) is 7.61. The van der Waals surface area contributed by atoms with Crippen LogP contribution in [-0.4, -0.2) is 15.2 Å². The fourth-order valence-corrected chi connectivity index (χ4v) is 1.34. The van der Waals surface area contributed by atoms with Gasteiger partial charge in [0.05, 0.1) is 17.5 Å². The maximum atomic E-state index is 11.1. The lowest BCUT2D eigenvalue weighted by Crippen LogP contribution is -1.94. The van der Waals surface area contributed by atoms with Gasteiger partial charge in [0.1, 0.15) is 0 Å². The second-order valence-corrected chi connectivity index (χ2v) is 3.10. The Labute approximate surface area is 76.0 Å². The molecule has 0 aliphatic carbocycles. The summed E-state index contributed by atoms with van der Waals surface area (Å²) in [5.41, 5.74) is 2.74. The van der Waals surface area contributed by atoms with Gasteiger partial charge in [-0.3, -0.25) is 4.79 Å². The second-order valence-electron chi connectivity index (χ2n) is 3.10. The van der Waals surface area contributed by atoms with E-state index in [2.05, 4.69) is 4.98 Å². The Morgan fingerprint density at radius 1 is 1.46 bits per heavy atom. The van der Waals surface area contributed by atoms with Gasteiger partial charge in [0.2, 0.25) is 0 Å². The van der Waals surface area contributed by atoms with Gasteiger partial charge >= 0.3 is 0 Å². The van der Waals surface area contributed by atoms with Crippen LogP contribution >= 0.6 is 0 Å². The summed E-state index contributed by atoms with van der Waals surface area (Å²) in [6.07, 6.45) is 3.52. The van der Waals surface area contributed by atoms with E-state index in [0.29, 0.717) is 5.56 Å². The van der Waals surface area contributed by atoms with E-state index in [4.69, 9.17) is 0 Å². The van der Waals surface area contributed by atoms with Gasteiger partial charge in [-0.25, -0.2) is 4.98 Å². The highest BCUT2D eigenvalue weighted by atomic mass is 16.1. The highest BCUT2D eigenvalue weighted by molar-refractivity contribution is 5.94. The zero-order valence-electron chi connectivity index (χ0n) is 7.61. The molecule has 2 heterocycles. The fourth-order valence-electron chi connectivity index (χ4n) is 1.34. The Morgan fingerprint density at radius 3 is 2.92 bits per heavy atom. The van der Waals surface area contributed by atoms with Gasteiger partial charge in [-0.15, -0.1) is 0 Å². The molecule has 0 aliphatic rings. The smallest absolute Gasteiger partial charge is 0.161 e. The Morgan fingerprint density at radius 2 is 2.23 bits per heavy atom. The zero-order chi connectivity index (χ0) is 9.42. The topological polar surface area (TPSA) is 34.4 Å². The summed E-state index contributed by atoms with van der Waals surface area (Å²) in [6, 6.07) is 3.74. The van der Waals surface area contributed by atoms with Gasteiger partial charge in [-0.2, -0.15) is 0 Å². The number of imidazole rings is 1. The summed E-state index contributed by atoms with van der Waals surface area (Å²) in [4.78, 5) is 15.2. The van der Waals surface area contributed by atoms with E-state index in [1.807, 2.05) is 23.5 Å². The van der Waals surface area contributed by atoms with E-state index in [0.717, 1.165) is 11.2 Å². The quantitative estimate of drug-likeness (QED) is 0.618. The molecule has 0 aliphatic heterocycles. The average molecular weight is 174 g/mol. The van der Waals surface area contributed by atoms with E-state index in [9.17, 15) is 4.79 Å². The predicted octanol–water partition coefficient (Wildman–Crippen LogP) is 1.85. The standard InChI is InChI=1S/C10H10N2O/c1-7-10-4-3-9(8(2)13)5-12(10)6-11-7/h3-6H,1-2H3. The van der Waals surface area contributed by atoms with Gasteiger partial charge in [0, 0.05) is 11.8 Å². The summed E-state index contributed by atoms with van der Waals surface area (Å²) >= 11 is 0. The van der Waals surface area contributed by atoms with Crippen molar-refractivity contribution in [1.29, 1.82) is 0 Å². The lowest BCUT2D eigenvalue weighted by molar-refractivity contribution is 0.101. The molecule has 2 aromatic rings. The van der Waals surface area contributed by atoms with Crippen molar-refractivity contribution in [2.45, 2.75) is 13.8 Å². The number of rotatable bonds is 1. The van der Waals surface area contributed by atoms with Gasteiger partial charge < -0.3 is 4.40 Å². The molecular weight excluding hydrogens is 164 g/mol. The fraction of sp³-hybridized carbons (Fsp3) is 0.200. The Bertz CT molecular complexity index is 471. The van der Waals surface area contributed by atoms with Crippen LogP contribution in [0.4, 0.5) is 0 Å². The molecule has 0 radical (unpaired) electrons. The molecule has 2 aromatic heterocycles. The van der Waals surface area contributed by atoms with Crippen molar-refractivity contribution in [2.24, 2.45) is 0 Å². The molecule has 0 fully saturated rings. The molecule has 13 heavy (non-hydrogen) atoms. The van der Waals surface area contributed by atoms with Crippen LogP contribution < -0.4 is 0 Å². The number of hydrogen-bond acceptors (Lipinski definition) is 2. The van der Waals surface area contributed by atoms with Crippen LogP contribution in [0.1, 0.15) is 23.0 Å². The first-order valence-electron chi connectivity index (χ1n) is 4.13. The number of ketones is 1.